The molecule has 1 N–H and O–H groups in total. The number of fused-ring (bicyclic) bond motifs is 2. The molecule has 1 fully saturated rings. The van der Waals surface area contributed by atoms with E-state index in [0.717, 1.165) is 0 Å². The molecule has 1 aliphatic carbocycles. The third-order valence-electron chi connectivity index (χ3n) is 4.97. The highest BCUT2D eigenvalue weighted by atomic mass is 16.5. The van der Waals surface area contributed by atoms with Crippen molar-refractivity contribution in [2.45, 2.75) is 33.8 Å². The Kier molecular flexibility index (Phi) is 3.46. The summed E-state index contributed by atoms with van der Waals surface area (Å²) in [6.45, 7) is 9.59. The third-order valence-corrected chi connectivity index (χ3v) is 4.97. The fraction of sp³-hybridized carbons (Fsp3) is 0.733. The van der Waals surface area contributed by atoms with Gasteiger partial charge < -0.3 is 9.84 Å². The molecule has 0 aromatic carbocycles. The van der Waals surface area contributed by atoms with E-state index in [1.807, 2.05) is 6.92 Å². The summed E-state index contributed by atoms with van der Waals surface area (Å²) in [6, 6.07) is 0. The van der Waals surface area contributed by atoms with E-state index in [4.69, 9.17) is 4.74 Å². The molecule has 0 amide bonds. The standard InChI is InChI=1S/C15H24O2/c1-5-6-13-14-10(2)7-11(3)15(8-16,9-17-13)12(14)4/h5-7,11-14,16H,8-9H2,1-4H3/b6-5+/t11-,12+,13-,14-,15-/m0/s1. The van der Waals surface area contributed by atoms with Crippen LogP contribution in [-0.2, 0) is 4.74 Å². The number of ether oxygens (including phenoxy) is 1. The molecule has 17 heavy (non-hydrogen) atoms. The van der Waals surface area contributed by atoms with Crippen molar-refractivity contribution in [3.8, 4) is 0 Å². The van der Waals surface area contributed by atoms with Crippen LogP contribution in [-0.4, -0.2) is 24.4 Å². The van der Waals surface area contributed by atoms with Crippen molar-refractivity contribution < 1.29 is 9.84 Å². The molecule has 1 heterocycles. The summed E-state index contributed by atoms with van der Waals surface area (Å²) in [5, 5.41) is 9.81. The van der Waals surface area contributed by atoms with Crippen LogP contribution < -0.4 is 0 Å². The maximum atomic E-state index is 9.81. The Morgan fingerprint density at radius 3 is 2.82 bits per heavy atom. The Balaban J connectivity index is 2.40. The summed E-state index contributed by atoms with van der Waals surface area (Å²) < 4.78 is 6.00. The van der Waals surface area contributed by atoms with Gasteiger partial charge in [-0.25, -0.2) is 0 Å². The van der Waals surface area contributed by atoms with Crippen molar-refractivity contribution in [3.63, 3.8) is 0 Å². The zero-order valence-corrected chi connectivity index (χ0v) is 11.3. The molecular weight excluding hydrogens is 212 g/mol. The SMILES string of the molecule is C/C=C/[C@@H]1OC[C@]2(CO)[C@H](C)[C@@H]1C(C)=C[C@@H]2C. The Bertz CT molecular complexity index is 345. The minimum absolute atomic E-state index is 0.0811. The molecule has 5 atom stereocenters. The molecule has 1 saturated heterocycles. The Labute approximate surface area is 104 Å². The van der Waals surface area contributed by atoms with Crippen LogP contribution in [0.15, 0.2) is 23.8 Å². The van der Waals surface area contributed by atoms with Gasteiger partial charge in [-0.1, -0.05) is 37.6 Å². The lowest BCUT2D eigenvalue weighted by Gasteiger charge is -2.54. The van der Waals surface area contributed by atoms with E-state index in [2.05, 4.69) is 39.0 Å². The van der Waals surface area contributed by atoms with Gasteiger partial charge in [-0.15, -0.1) is 0 Å². The minimum atomic E-state index is -0.0811. The maximum Gasteiger partial charge on any atom is 0.0823 e. The summed E-state index contributed by atoms with van der Waals surface area (Å²) in [6.07, 6.45) is 6.73. The van der Waals surface area contributed by atoms with E-state index in [1.165, 1.54) is 5.57 Å². The van der Waals surface area contributed by atoms with E-state index < -0.39 is 0 Å². The van der Waals surface area contributed by atoms with Gasteiger partial charge in [-0.05, 0) is 25.7 Å². The number of hydrogen-bond donors (Lipinski definition) is 1. The van der Waals surface area contributed by atoms with Crippen LogP contribution in [0.1, 0.15) is 27.7 Å². The molecule has 0 unspecified atom stereocenters. The highest BCUT2D eigenvalue weighted by molar-refractivity contribution is 5.22. The van der Waals surface area contributed by atoms with Crippen LogP contribution in [0, 0.1) is 23.2 Å². The fourth-order valence-corrected chi connectivity index (χ4v) is 3.70. The van der Waals surface area contributed by atoms with Crippen molar-refractivity contribution >= 4 is 0 Å². The molecule has 0 aromatic heterocycles. The summed E-state index contributed by atoms with van der Waals surface area (Å²) in [4.78, 5) is 0. The summed E-state index contributed by atoms with van der Waals surface area (Å²) in [5.41, 5.74) is 1.33. The van der Waals surface area contributed by atoms with Crippen molar-refractivity contribution in [2.75, 3.05) is 13.2 Å². The molecule has 1 aliphatic heterocycles. The zero-order chi connectivity index (χ0) is 12.6. The number of aliphatic hydroxyl groups is 1. The fourth-order valence-electron chi connectivity index (χ4n) is 3.70. The molecule has 0 saturated carbocycles. The van der Waals surface area contributed by atoms with Crippen LogP contribution in [0.2, 0.25) is 0 Å². The van der Waals surface area contributed by atoms with Gasteiger partial charge >= 0.3 is 0 Å². The van der Waals surface area contributed by atoms with E-state index in [-0.39, 0.29) is 18.1 Å². The number of aliphatic hydroxyl groups excluding tert-OH is 1. The van der Waals surface area contributed by atoms with Crippen LogP contribution >= 0.6 is 0 Å². The van der Waals surface area contributed by atoms with Crippen LogP contribution in [0.5, 0.6) is 0 Å². The summed E-state index contributed by atoms with van der Waals surface area (Å²) >= 11 is 0. The largest absolute Gasteiger partial charge is 0.396 e. The first-order chi connectivity index (χ1) is 8.06. The lowest BCUT2D eigenvalue weighted by Crippen LogP contribution is -2.55. The van der Waals surface area contributed by atoms with Crippen LogP contribution in [0.25, 0.3) is 0 Å². The zero-order valence-electron chi connectivity index (χ0n) is 11.3. The normalized spacial score (nSPS) is 46.1. The smallest absolute Gasteiger partial charge is 0.0823 e. The molecule has 2 nitrogen and oxygen atoms in total. The summed E-state index contributed by atoms with van der Waals surface area (Å²) in [7, 11) is 0. The molecule has 2 aliphatic rings. The van der Waals surface area contributed by atoms with Crippen molar-refractivity contribution in [3.05, 3.63) is 23.8 Å². The quantitative estimate of drug-likeness (QED) is 0.747. The van der Waals surface area contributed by atoms with Crippen LogP contribution in [0.4, 0.5) is 0 Å². The van der Waals surface area contributed by atoms with Gasteiger partial charge in [0.1, 0.15) is 0 Å². The molecule has 0 spiro atoms. The molecule has 2 bridgehead atoms. The molecule has 2 rings (SSSR count). The van der Waals surface area contributed by atoms with E-state index >= 15 is 0 Å². The second kappa shape index (κ2) is 4.58. The summed E-state index contributed by atoms with van der Waals surface area (Å²) in [5.74, 6) is 1.29. The number of rotatable bonds is 2. The Hall–Kier alpha value is -0.600. The highest BCUT2D eigenvalue weighted by Crippen LogP contribution is 2.52. The first-order valence-corrected chi connectivity index (χ1v) is 6.60. The third kappa shape index (κ3) is 1.78. The first-order valence-electron chi connectivity index (χ1n) is 6.60. The molecule has 0 aromatic rings. The minimum Gasteiger partial charge on any atom is -0.396 e. The van der Waals surface area contributed by atoms with Crippen molar-refractivity contribution in [2.24, 2.45) is 23.2 Å². The van der Waals surface area contributed by atoms with Gasteiger partial charge in [0.25, 0.3) is 0 Å². The van der Waals surface area contributed by atoms with Gasteiger partial charge in [0, 0.05) is 11.3 Å². The van der Waals surface area contributed by atoms with E-state index in [0.29, 0.717) is 24.4 Å². The van der Waals surface area contributed by atoms with Gasteiger partial charge in [-0.3, -0.25) is 0 Å². The monoisotopic (exact) mass is 236 g/mol. The lowest BCUT2D eigenvalue weighted by molar-refractivity contribution is -0.148. The number of hydrogen-bond acceptors (Lipinski definition) is 2. The van der Waals surface area contributed by atoms with Gasteiger partial charge in [0.2, 0.25) is 0 Å². The van der Waals surface area contributed by atoms with E-state index in [9.17, 15) is 5.11 Å². The predicted molar refractivity (Wildman–Crippen MR) is 69.6 cm³/mol. The van der Waals surface area contributed by atoms with Gasteiger partial charge in [-0.2, -0.15) is 0 Å². The molecular formula is C15H24O2. The van der Waals surface area contributed by atoms with Crippen molar-refractivity contribution in [1.29, 1.82) is 0 Å². The van der Waals surface area contributed by atoms with Gasteiger partial charge in [0.05, 0.1) is 19.3 Å². The lowest BCUT2D eigenvalue weighted by atomic mass is 9.56. The predicted octanol–water partition coefficient (Wildman–Crippen LogP) is 2.79. The first kappa shape index (κ1) is 12.8. The maximum absolute atomic E-state index is 9.81. The average molecular weight is 236 g/mol. The Morgan fingerprint density at radius 2 is 2.24 bits per heavy atom. The van der Waals surface area contributed by atoms with Gasteiger partial charge in [0.15, 0.2) is 0 Å². The van der Waals surface area contributed by atoms with Crippen molar-refractivity contribution in [1.82, 2.24) is 0 Å². The molecule has 0 radical (unpaired) electrons. The molecule has 96 valence electrons. The average Bonchev–Trinajstić information content (AvgIpc) is 2.28. The topological polar surface area (TPSA) is 29.5 Å². The Morgan fingerprint density at radius 1 is 1.53 bits per heavy atom. The second-order valence-corrected chi connectivity index (χ2v) is 5.71. The second-order valence-electron chi connectivity index (χ2n) is 5.71. The highest BCUT2D eigenvalue weighted by Gasteiger charge is 2.52. The molecule has 2 heteroatoms. The number of allylic oxidation sites excluding steroid dienone is 2. The van der Waals surface area contributed by atoms with Crippen LogP contribution in [0.3, 0.4) is 0 Å². The van der Waals surface area contributed by atoms with E-state index in [1.54, 1.807) is 0 Å².